The maximum atomic E-state index is 12.5. The van der Waals surface area contributed by atoms with Gasteiger partial charge in [-0.15, -0.1) is 0 Å². The molecule has 27 heavy (non-hydrogen) atoms. The molecule has 0 aromatic heterocycles. The first-order valence-electron chi connectivity index (χ1n) is 8.22. The van der Waals surface area contributed by atoms with Crippen LogP contribution in [-0.4, -0.2) is 38.3 Å². The summed E-state index contributed by atoms with van der Waals surface area (Å²) in [5, 5.41) is 9.27. The van der Waals surface area contributed by atoms with Gasteiger partial charge in [0, 0.05) is 6.26 Å². The SMILES string of the molecule is CCOC(=O)C(CC(=O)O)=C(c1ccccc1)c1ccc(S(C)(=O)=O)cc1. The smallest absolute Gasteiger partial charge is 0.335 e. The minimum Gasteiger partial charge on any atom is -0.481 e. The molecule has 6 nitrogen and oxygen atoms in total. The number of carboxylic acids is 1. The van der Waals surface area contributed by atoms with Crippen LogP contribution in [0.5, 0.6) is 0 Å². The van der Waals surface area contributed by atoms with Crippen LogP contribution < -0.4 is 0 Å². The van der Waals surface area contributed by atoms with Crippen LogP contribution in [0.3, 0.4) is 0 Å². The third-order valence-electron chi connectivity index (χ3n) is 3.79. The van der Waals surface area contributed by atoms with Crippen molar-refractivity contribution in [2.24, 2.45) is 0 Å². The molecule has 2 aromatic rings. The summed E-state index contributed by atoms with van der Waals surface area (Å²) in [5.41, 5.74) is 1.56. The van der Waals surface area contributed by atoms with Gasteiger partial charge in [0.25, 0.3) is 0 Å². The molecule has 2 rings (SSSR count). The lowest BCUT2D eigenvalue weighted by atomic mass is 9.91. The van der Waals surface area contributed by atoms with Crippen molar-refractivity contribution >= 4 is 27.3 Å². The maximum absolute atomic E-state index is 12.5. The third-order valence-corrected chi connectivity index (χ3v) is 4.91. The molecule has 0 heterocycles. The zero-order valence-corrected chi connectivity index (χ0v) is 15.8. The van der Waals surface area contributed by atoms with Gasteiger partial charge < -0.3 is 9.84 Å². The molecule has 2 aromatic carbocycles. The summed E-state index contributed by atoms with van der Waals surface area (Å²) in [6.07, 6.45) is 0.585. The van der Waals surface area contributed by atoms with Crippen molar-refractivity contribution in [3.05, 3.63) is 71.3 Å². The van der Waals surface area contributed by atoms with Crippen molar-refractivity contribution < 1.29 is 27.9 Å². The molecule has 0 saturated carbocycles. The average molecular weight is 388 g/mol. The Kier molecular flexibility index (Phi) is 6.52. The van der Waals surface area contributed by atoms with E-state index >= 15 is 0 Å². The Morgan fingerprint density at radius 1 is 0.963 bits per heavy atom. The first kappa shape index (κ1) is 20.4. The predicted molar refractivity (Wildman–Crippen MR) is 101 cm³/mol. The van der Waals surface area contributed by atoms with Gasteiger partial charge in [-0.05, 0) is 35.8 Å². The van der Waals surface area contributed by atoms with Crippen LogP contribution in [0, 0.1) is 0 Å². The van der Waals surface area contributed by atoms with Gasteiger partial charge in [0.15, 0.2) is 9.84 Å². The summed E-state index contributed by atoms with van der Waals surface area (Å²) in [6.45, 7) is 1.75. The lowest BCUT2D eigenvalue weighted by Crippen LogP contribution is -2.14. The minimum absolute atomic E-state index is 0.00246. The van der Waals surface area contributed by atoms with Crippen molar-refractivity contribution in [3.63, 3.8) is 0 Å². The van der Waals surface area contributed by atoms with Crippen LogP contribution in [0.25, 0.3) is 5.57 Å². The molecule has 0 aliphatic carbocycles. The molecule has 0 fully saturated rings. The second-order valence-electron chi connectivity index (χ2n) is 5.81. The number of carbonyl (C=O) groups is 2. The lowest BCUT2D eigenvalue weighted by molar-refractivity contribution is -0.142. The van der Waals surface area contributed by atoms with Crippen molar-refractivity contribution in [2.45, 2.75) is 18.2 Å². The predicted octanol–water partition coefficient (Wildman–Crippen LogP) is 2.93. The highest BCUT2D eigenvalue weighted by molar-refractivity contribution is 7.90. The van der Waals surface area contributed by atoms with E-state index in [9.17, 15) is 23.1 Å². The molecule has 0 aliphatic heterocycles. The maximum Gasteiger partial charge on any atom is 0.335 e. The second kappa shape index (κ2) is 8.64. The quantitative estimate of drug-likeness (QED) is 0.578. The van der Waals surface area contributed by atoms with E-state index in [1.165, 1.54) is 12.1 Å². The fourth-order valence-corrected chi connectivity index (χ4v) is 3.25. The number of benzene rings is 2. The molecule has 0 amide bonds. The van der Waals surface area contributed by atoms with E-state index in [-0.39, 0.29) is 17.1 Å². The molecule has 0 radical (unpaired) electrons. The summed E-state index contributed by atoms with van der Waals surface area (Å²) in [5.74, 6) is -1.88. The summed E-state index contributed by atoms with van der Waals surface area (Å²) in [4.78, 5) is 23.9. The minimum atomic E-state index is -3.38. The third kappa shape index (κ3) is 5.27. The molecule has 0 saturated heterocycles. The van der Waals surface area contributed by atoms with Crippen LogP contribution in [0.4, 0.5) is 0 Å². The molecule has 142 valence electrons. The van der Waals surface area contributed by atoms with E-state index in [0.717, 1.165) is 6.26 Å². The Hall–Kier alpha value is -2.93. The highest BCUT2D eigenvalue weighted by atomic mass is 32.2. The van der Waals surface area contributed by atoms with E-state index in [0.29, 0.717) is 16.7 Å². The molecular weight excluding hydrogens is 368 g/mol. The number of carbonyl (C=O) groups excluding carboxylic acids is 1. The first-order valence-corrected chi connectivity index (χ1v) is 10.1. The van der Waals surface area contributed by atoms with Crippen LogP contribution in [0.2, 0.25) is 0 Å². The number of carboxylic acid groups (broad SMARTS) is 1. The normalized spacial score (nSPS) is 12.2. The molecule has 0 unspecified atom stereocenters. The lowest BCUT2D eigenvalue weighted by Gasteiger charge is -2.15. The topological polar surface area (TPSA) is 97.7 Å². The number of rotatable bonds is 7. The van der Waals surface area contributed by atoms with Gasteiger partial charge in [-0.2, -0.15) is 0 Å². The van der Waals surface area contributed by atoms with Crippen molar-refractivity contribution in [3.8, 4) is 0 Å². The van der Waals surface area contributed by atoms with Gasteiger partial charge in [0.2, 0.25) is 0 Å². The Balaban J connectivity index is 2.73. The summed E-state index contributed by atoms with van der Waals surface area (Å²) in [7, 11) is -3.38. The molecule has 0 atom stereocenters. The van der Waals surface area contributed by atoms with Gasteiger partial charge in [-0.25, -0.2) is 13.2 Å². The largest absolute Gasteiger partial charge is 0.481 e. The zero-order chi connectivity index (χ0) is 20.0. The van der Waals surface area contributed by atoms with Crippen molar-refractivity contribution in [1.82, 2.24) is 0 Å². The summed E-state index contributed by atoms with van der Waals surface area (Å²) in [6, 6.07) is 14.8. The highest BCUT2D eigenvalue weighted by Gasteiger charge is 2.22. The molecule has 0 spiro atoms. The fraction of sp³-hybridized carbons (Fsp3) is 0.200. The highest BCUT2D eigenvalue weighted by Crippen LogP contribution is 2.30. The number of aliphatic carboxylic acids is 1. The fourth-order valence-electron chi connectivity index (χ4n) is 2.62. The second-order valence-corrected chi connectivity index (χ2v) is 7.82. The Morgan fingerprint density at radius 3 is 2.00 bits per heavy atom. The molecule has 0 bridgehead atoms. The van der Waals surface area contributed by atoms with Crippen LogP contribution in [-0.2, 0) is 24.2 Å². The van der Waals surface area contributed by atoms with Gasteiger partial charge >= 0.3 is 11.9 Å². The Labute approximate surface area is 158 Å². The van der Waals surface area contributed by atoms with Gasteiger partial charge in [-0.1, -0.05) is 42.5 Å². The Bertz CT molecular complexity index is 957. The monoisotopic (exact) mass is 388 g/mol. The van der Waals surface area contributed by atoms with E-state index in [2.05, 4.69) is 0 Å². The number of sulfone groups is 1. The summed E-state index contributed by atoms with van der Waals surface area (Å²) >= 11 is 0. The van der Waals surface area contributed by atoms with Crippen molar-refractivity contribution in [1.29, 1.82) is 0 Å². The van der Waals surface area contributed by atoms with Gasteiger partial charge in [-0.3, -0.25) is 4.79 Å². The number of hydrogen-bond donors (Lipinski definition) is 1. The van der Waals surface area contributed by atoms with E-state index in [1.54, 1.807) is 49.4 Å². The zero-order valence-electron chi connectivity index (χ0n) is 15.0. The first-order chi connectivity index (χ1) is 12.7. The standard InChI is InChI=1S/C20H20O6S/c1-3-26-20(23)17(13-18(21)22)19(14-7-5-4-6-8-14)15-9-11-16(12-10-15)27(2,24)25/h4-12H,3,13H2,1-2H3,(H,21,22). The van der Waals surface area contributed by atoms with Crippen LogP contribution in [0.15, 0.2) is 65.1 Å². The Morgan fingerprint density at radius 2 is 1.52 bits per heavy atom. The van der Waals surface area contributed by atoms with E-state index in [1.807, 2.05) is 0 Å². The molecule has 0 aliphatic rings. The van der Waals surface area contributed by atoms with Crippen LogP contribution in [0.1, 0.15) is 24.5 Å². The molecular formula is C20H20O6S. The number of hydrogen-bond acceptors (Lipinski definition) is 5. The number of ether oxygens (including phenoxy) is 1. The average Bonchev–Trinajstić information content (AvgIpc) is 2.61. The number of esters is 1. The van der Waals surface area contributed by atoms with Gasteiger partial charge in [0.1, 0.15) is 0 Å². The van der Waals surface area contributed by atoms with Crippen molar-refractivity contribution in [2.75, 3.05) is 12.9 Å². The molecule has 1 N–H and O–H groups in total. The summed E-state index contributed by atoms with van der Waals surface area (Å²) < 4.78 is 28.4. The van der Waals surface area contributed by atoms with Crippen LogP contribution >= 0.6 is 0 Å². The molecule has 7 heteroatoms. The van der Waals surface area contributed by atoms with E-state index < -0.39 is 28.2 Å². The van der Waals surface area contributed by atoms with E-state index in [4.69, 9.17) is 4.74 Å². The van der Waals surface area contributed by atoms with Gasteiger partial charge in [0.05, 0.1) is 23.5 Å².